The van der Waals surface area contributed by atoms with E-state index in [1.165, 1.54) is 31.7 Å². The van der Waals surface area contributed by atoms with Gasteiger partial charge in [-0.3, -0.25) is 0 Å². The summed E-state index contributed by atoms with van der Waals surface area (Å²) in [5.74, 6) is 0.470. The molecule has 0 spiro atoms. The van der Waals surface area contributed by atoms with Crippen LogP contribution in [0.4, 0.5) is 0 Å². The summed E-state index contributed by atoms with van der Waals surface area (Å²) in [6.45, 7) is 6.72. The van der Waals surface area contributed by atoms with E-state index in [2.05, 4.69) is 93.3 Å². The zero-order chi connectivity index (χ0) is 18.5. The van der Waals surface area contributed by atoms with Crippen molar-refractivity contribution < 1.29 is 0 Å². The SMILES string of the molecule is CN1Cc2cc(C(C)(C)N(C)C)ccc2C(c2cc3ccccc3s2)C1. The van der Waals surface area contributed by atoms with Crippen molar-refractivity contribution in [3.05, 3.63) is 70.1 Å². The van der Waals surface area contributed by atoms with Crippen molar-refractivity contribution in [1.29, 1.82) is 0 Å². The van der Waals surface area contributed by atoms with Gasteiger partial charge in [0, 0.05) is 34.1 Å². The van der Waals surface area contributed by atoms with Gasteiger partial charge in [0.1, 0.15) is 0 Å². The van der Waals surface area contributed by atoms with E-state index in [-0.39, 0.29) is 5.54 Å². The second-order valence-corrected chi connectivity index (χ2v) is 9.42. The predicted octanol–water partition coefficient (Wildman–Crippen LogP) is 5.28. The maximum atomic E-state index is 2.46. The third-order valence-electron chi connectivity index (χ3n) is 6.07. The third kappa shape index (κ3) is 2.98. The van der Waals surface area contributed by atoms with Gasteiger partial charge >= 0.3 is 0 Å². The van der Waals surface area contributed by atoms with Crippen LogP contribution in [0.25, 0.3) is 10.1 Å². The molecular weight excluding hydrogens is 336 g/mol. The van der Waals surface area contributed by atoms with Gasteiger partial charge in [0.2, 0.25) is 0 Å². The lowest BCUT2D eigenvalue weighted by molar-refractivity contribution is 0.197. The number of nitrogens with zero attached hydrogens (tertiary/aromatic N) is 2. The van der Waals surface area contributed by atoms with Gasteiger partial charge in [0.15, 0.2) is 0 Å². The summed E-state index contributed by atoms with van der Waals surface area (Å²) >= 11 is 1.95. The van der Waals surface area contributed by atoms with Crippen LogP contribution in [0.2, 0.25) is 0 Å². The van der Waals surface area contributed by atoms with Gasteiger partial charge in [-0.25, -0.2) is 0 Å². The van der Waals surface area contributed by atoms with Crippen molar-refractivity contribution in [2.24, 2.45) is 0 Å². The minimum atomic E-state index is 0.0398. The molecule has 0 saturated heterocycles. The zero-order valence-electron chi connectivity index (χ0n) is 16.4. The molecule has 0 N–H and O–H groups in total. The summed E-state index contributed by atoms with van der Waals surface area (Å²) in [5.41, 5.74) is 4.42. The van der Waals surface area contributed by atoms with E-state index in [0.717, 1.165) is 13.1 Å². The largest absolute Gasteiger partial charge is 0.301 e. The summed E-state index contributed by atoms with van der Waals surface area (Å²) in [7, 11) is 6.56. The van der Waals surface area contributed by atoms with Crippen molar-refractivity contribution in [3.8, 4) is 0 Å². The van der Waals surface area contributed by atoms with Crippen LogP contribution in [-0.2, 0) is 12.1 Å². The van der Waals surface area contributed by atoms with E-state index < -0.39 is 0 Å². The van der Waals surface area contributed by atoms with Crippen LogP contribution >= 0.6 is 11.3 Å². The molecule has 1 atom stereocenters. The first-order chi connectivity index (χ1) is 12.4. The molecule has 2 aromatic carbocycles. The van der Waals surface area contributed by atoms with E-state index >= 15 is 0 Å². The maximum absolute atomic E-state index is 2.46. The van der Waals surface area contributed by atoms with Gasteiger partial charge in [-0.2, -0.15) is 0 Å². The molecule has 0 saturated carbocycles. The number of fused-ring (bicyclic) bond motifs is 2. The molecule has 1 unspecified atom stereocenters. The molecule has 136 valence electrons. The quantitative estimate of drug-likeness (QED) is 0.624. The van der Waals surface area contributed by atoms with Crippen LogP contribution in [0.15, 0.2) is 48.5 Å². The lowest BCUT2D eigenvalue weighted by Crippen LogP contribution is -2.36. The summed E-state index contributed by atoms with van der Waals surface area (Å²) in [4.78, 5) is 6.24. The standard InChI is InChI=1S/C23H28N2S/c1-23(2,24(3)4)18-10-11-19-17(12-18)14-25(5)15-20(19)22-13-16-8-6-7-9-21(16)26-22/h6-13,20H,14-15H2,1-5H3. The Hall–Kier alpha value is -1.68. The van der Waals surface area contributed by atoms with Crippen LogP contribution in [0.5, 0.6) is 0 Å². The first kappa shape index (κ1) is 17.7. The fourth-order valence-corrected chi connectivity index (χ4v) is 5.08. The Kier molecular flexibility index (Phi) is 4.42. The van der Waals surface area contributed by atoms with E-state index in [1.54, 1.807) is 0 Å². The molecular formula is C23H28N2S. The molecule has 1 aliphatic rings. The van der Waals surface area contributed by atoms with E-state index in [9.17, 15) is 0 Å². The van der Waals surface area contributed by atoms with E-state index in [0.29, 0.717) is 5.92 Å². The molecule has 2 heterocycles. The highest BCUT2D eigenvalue weighted by Crippen LogP contribution is 2.40. The topological polar surface area (TPSA) is 6.48 Å². The average molecular weight is 365 g/mol. The van der Waals surface area contributed by atoms with E-state index in [4.69, 9.17) is 0 Å². The van der Waals surface area contributed by atoms with Crippen molar-refractivity contribution in [2.45, 2.75) is 31.8 Å². The number of benzene rings is 2. The zero-order valence-corrected chi connectivity index (χ0v) is 17.2. The molecule has 0 radical (unpaired) electrons. The van der Waals surface area contributed by atoms with Crippen molar-refractivity contribution in [2.75, 3.05) is 27.7 Å². The monoisotopic (exact) mass is 364 g/mol. The molecule has 3 heteroatoms. The van der Waals surface area contributed by atoms with Crippen LogP contribution in [-0.4, -0.2) is 37.5 Å². The van der Waals surface area contributed by atoms with Crippen molar-refractivity contribution in [3.63, 3.8) is 0 Å². The second kappa shape index (κ2) is 6.49. The molecule has 0 aliphatic carbocycles. The fraction of sp³-hybridized carbons (Fsp3) is 0.391. The first-order valence-corrected chi connectivity index (χ1v) is 10.2. The highest BCUT2D eigenvalue weighted by molar-refractivity contribution is 7.19. The number of thiophene rings is 1. The minimum Gasteiger partial charge on any atom is -0.301 e. The molecule has 0 amide bonds. The maximum Gasteiger partial charge on any atom is 0.0398 e. The van der Waals surface area contributed by atoms with Crippen molar-refractivity contribution >= 4 is 21.4 Å². The molecule has 0 fully saturated rings. The Labute approximate surface area is 161 Å². The molecule has 4 rings (SSSR count). The van der Waals surface area contributed by atoms with Crippen LogP contribution in [0, 0.1) is 0 Å². The number of hydrogen-bond acceptors (Lipinski definition) is 3. The Morgan fingerprint density at radius 1 is 1.08 bits per heavy atom. The highest BCUT2D eigenvalue weighted by Gasteiger charge is 2.29. The highest BCUT2D eigenvalue weighted by atomic mass is 32.1. The lowest BCUT2D eigenvalue weighted by Gasteiger charge is -2.36. The fourth-order valence-electron chi connectivity index (χ4n) is 3.90. The molecule has 1 aliphatic heterocycles. The van der Waals surface area contributed by atoms with Gasteiger partial charge in [-0.05, 0) is 69.2 Å². The molecule has 1 aromatic heterocycles. The summed E-state index contributed by atoms with van der Waals surface area (Å²) < 4.78 is 1.39. The summed E-state index contributed by atoms with van der Waals surface area (Å²) in [5, 5.41) is 1.37. The average Bonchev–Trinajstić information content (AvgIpc) is 3.04. The molecule has 0 bridgehead atoms. The van der Waals surface area contributed by atoms with Crippen molar-refractivity contribution in [1.82, 2.24) is 9.80 Å². The van der Waals surface area contributed by atoms with Crippen LogP contribution in [0.3, 0.4) is 0 Å². The first-order valence-electron chi connectivity index (χ1n) is 9.34. The Morgan fingerprint density at radius 2 is 1.85 bits per heavy atom. The number of likely N-dealkylation sites (N-methyl/N-ethyl adjacent to an activating group) is 1. The van der Waals surface area contributed by atoms with Gasteiger partial charge in [-0.15, -0.1) is 11.3 Å². The number of hydrogen-bond donors (Lipinski definition) is 0. The normalized spacial score (nSPS) is 18.5. The van der Waals surface area contributed by atoms with Crippen LogP contribution in [0.1, 0.15) is 41.3 Å². The van der Waals surface area contributed by atoms with Crippen LogP contribution < -0.4 is 0 Å². The van der Waals surface area contributed by atoms with Gasteiger partial charge < -0.3 is 9.80 Å². The summed E-state index contributed by atoms with van der Waals surface area (Å²) in [6, 6.07) is 18.3. The minimum absolute atomic E-state index is 0.0398. The second-order valence-electron chi connectivity index (χ2n) is 8.30. The van der Waals surface area contributed by atoms with Gasteiger partial charge in [-0.1, -0.05) is 36.4 Å². The number of rotatable bonds is 3. The third-order valence-corrected chi connectivity index (χ3v) is 7.30. The molecule has 3 aromatic rings. The van der Waals surface area contributed by atoms with Gasteiger partial charge in [0.05, 0.1) is 0 Å². The smallest absolute Gasteiger partial charge is 0.0398 e. The molecule has 26 heavy (non-hydrogen) atoms. The Balaban J connectivity index is 1.78. The van der Waals surface area contributed by atoms with Gasteiger partial charge in [0.25, 0.3) is 0 Å². The predicted molar refractivity (Wildman–Crippen MR) is 113 cm³/mol. The summed E-state index contributed by atoms with van der Waals surface area (Å²) in [6.07, 6.45) is 0. The lowest BCUT2D eigenvalue weighted by atomic mass is 9.84. The Bertz CT molecular complexity index is 905. The molecule has 2 nitrogen and oxygen atoms in total. The van der Waals surface area contributed by atoms with E-state index in [1.807, 2.05) is 11.3 Å². The Morgan fingerprint density at radius 3 is 2.58 bits per heavy atom.